The quantitative estimate of drug-likeness (QED) is 0.443. The van der Waals surface area contributed by atoms with E-state index in [1.807, 2.05) is 24.3 Å². The van der Waals surface area contributed by atoms with Gasteiger partial charge >= 0.3 is 0 Å². The van der Waals surface area contributed by atoms with E-state index in [9.17, 15) is 0 Å². The SMILES string of the molecule is c1ccc(-c2ccccc2OCc2cccc3ccccc23)cc1. The van der Waals surface area contributed by atoms with Crippen LogP contribution in [-0.4, -0.2) is 0 Å². The minimum atomic E-state index is 0.561. The summed E-state index contributed by atoms with van der Waals surface area (Å²) in [6.45, 7) is 0.561. The smallest absolute Gasteiger partial charge is 0.127 e. The van der Waals surface area contributed by atoms with Gasteiger partial charge in [0.05, 0.1) is 0 Å². The maximum absolute atomic E-state index is 6.19. The van der Waals surface area contributed by atoms with Gasteiger partial charge in [0.15, 0.2) is 0 Å². The van der Waals surface area contributed by atoms with E-state index in [1.165, 1.54) is 21.9 Å². The van der Waals surface area contributed by atoms with E-state index in [0.717, 1.165) is 11.3 Å². The van der Waals surface area contributed by atoms with Crippen molar-refractivity contribution in [2.75, 3.05) is 0 Å². The average molecular weight is 310 g/mol. The van der Waals surface area contributed by atoms with Crippen LogP contribution in [0.4, 0.5) is 0 Å². The van der Waals surface area contributed by atoms with E-state index in [2.05, 4.69) is 72.8 Å². The second kappa shape index (κ2) is 6.59. The first kappa shape index (κ1) is 14.5. The lowest BCUT2D eigenvalue weighted by Crippen LogP contribution is -1.97. The van der Waals surface area contributed by atoms with E-state index >= 15 is 0 Å². The third-order valence-corrected chi connectivity index (χ3v) is 4.23. The molecule has 0 radical (unpaired) electrons. The Morgan fingerprint density at radius 3 is 2.21 bits per heavy atom. The lowest BCUT2D eigenvalue weighted by molar-refractivity contribution is 0.309. The van der Waals surface area contributed by atoms with Crippen molar-refractivity contribution in [1.29, 1.82) is 0 Å². The van der Waals surface area contributed by atoms with Crippen LogP contribution in [0.3, 0.4) is 0 Å². The van der Waals surface area contributed by atoms with Crippen LogP contribution in [0.5, 0.6) is 5.75 Å². The molecule has 24 heavy (non-hydrogen) atoms. The van der Waals surface area contributed by atoms with Crippen molar-refractivity contribution in [2.24, 2.45) is 0 Å². The zero-order chi connectivity index (χ0) is 16.2. The third kappa shape index (κ3) is 2.89. The van der Waals surface area contributed by atoms with Crippen molar-refractivity contribution in [2.45, 2.75) is 6.61 Å². The Hall–Kier alpha value is -3.06. The summed E-state index contributed by atoms with van der Waals surface area (Å²) in [6.07, 6.45) is 0. The first-order valence-corrected chi connectivity index (χ1v) is 8.16. The first-order valence-electron chi connectivity index (χ1n) is 8.16. The molecule has 0 saturated heterocycles. The molecule has 0 fully saturated rings. The fourth-order valence-electron chi connectivity index (χ4n) is 3.02. The Labute approximate surface area is 142 Å². The van der Waals surface area contributed by atoms with Crippen LogP contribution >= 0.6 is 0 Å². The summed E-state index contributed by atoms with van der Waals surface area (Å²) in [6, 6.07) is 33.3. The molecule has 0 aromatic heterocycles. The fourth-order valence-corrected chi connectivity index (χ4v) is 3.02. The number of hydrogen-bond acceptors (Lipinski definition) is 1. The second-order valence-corrected chi connectivity index (χ2v) is 5.79. The summed E-state index contributed by atoms with van der Waals surface area (Å²) in [5.74, 6) is 0.914. The van der Waals surface area contributed by atoms with Crippen molar-refractivity contribution in [3.8, 4) is 16.9 Å². The lowest BCUT2D eigenvalue weighted by atomic mass is 10.0. The summed E-state index contributed by atoms with van der Waals surface area (Å²) in [7, 11) is 0. The summed E-state index contributed by atoms with van der Waals surface area (Å²) in [4.78, 5) is 0. The minimum absolute atomic E-state index is 0.561. The maximum atomic E-state index is 6.19. The lowest BCUT2D eigenvalue weighted by Gasteiger charge is -2.13. The first-order chi connectivity index (χ1) is 11.9. The van der Waals surface area contributed by atoms with Gasteiger partial charge in [-0.15, -0.1) is 0 Å². The van der Waals surface area contributed by atoms with E-state index in [1.54, 1.807) is 0 Å². The van der Waals surface area contributed by atoms with Crippen LogP contribution in [-0.2, 0) is 6.61 Å². The molecule has 4 aromatic rings. The van der Waals surface area contributed by atoms with E-state index in [4.69, 9.17) is 4.74 Å². The Morgan fingerprint density at radius 1 is 0.583 bits per heavy atom. The van der Waals surface area contributed by atoms with Gasteiger partial charge in [0.1, 0.15) is 12.4 Å². The van der Waals surface area contributed by atoms with Crippen molar-refractivity contribution in [3.63, 3.8) is 0 Å². The fraction of sp³-hybridized carbons (Fsp3) is 0.0435. The highest BCUT2D eigenvalue weighted by Crippen LogP contribution is 2.30. The van der Waals surface area contributed by atoms with E-state index in [0.29, 0.717) is 6.61 Å². The molecule has 0 unspecified atom stereocenters. The monoisotopic (exact) mass is 310 g/mol. The molecule has 1 heteroatoms. The van der Waals surface area contributed by atoms with Gasteiger partial charge < -0.3 is 4.74 Å². The topological polar surface area (TPSA) is 9.23 Å². The zero-order valence-corrected chi connectivity index (χ0v) is 13.4. The summed E-state index contributed by atoms with van der Waals surface area (Å²) >= 11 is 0. The molecule has 4 aromatic carbocycles. The van der Waals surface area contributed by atoms with Gasteiger partial charge in [0.25, 0.3) is 0 Å². The Kier molecular flexibility index (Phi) is 3.99. The van der Waals surface area contributed by atoms with Crippen molar-refractivity contribution in [3.05, 3.63) is 103 Å². The molecule has 0 amide bonds. The van der Waals surface area contributed by atoms with Crippen molar-refractivity contribution < 1.29 is 4.74 Å². The Bertz CT molecular complexity index is 952. The van der Waals surface area contributed by atoms with Crippen LogP contribution < -0.4 is 4.74 Å². The van der Waals surface area contributed by atoms with Crippen LogP contribution in [0.2, 0.25) is 0 Å². The highest BCUT2D eigenvalue weighted by molar-refractivity contribution is 5.85. The van der Waals surface area contributed by atoms with Crippen molar-refractivity contribution in [1.82, 2.24) is 0 Å². The number of hydrogen-bond donors (Lipinski definition) is 0. The van der Waals surface area contributed by atoms with Crippen LogP contribution in [0.25, 0.3) is 21.9 Å². The highest BCUT2D eigenvalue weighted by Gasteiger charge is 2.07. The maximum Gasteiger partial charge on any atom is 0.127 e. The Balaban J connectivity index is 1.65. The Morgan fingerprint density at radius 2 is 1.29 bits per heavy atom. The number of rotatable bonds is 4. The molecular formula is C23H18O. The predicted octanol–water partition coefficient (Wildman–Crippen LogP) is 6.09. The predicted molar refractivity (Wildman–Crippen MR) is 100 cm³/mol. The van der Waals surface area contributed by atoms with E-state index in [-0.39, 0.29) is 0 Å². The van der Waals surface area contributed by atoms with Gasteiger partial charge in [-0.25, -0.2) is 0 Å². The van der Waals surface area contributed by atoms with Crippen molar-refractivity contribution >= 4 is 10.8 Å². The summed E-state index contributed by atoms with van der Waals surface area (Å²) < 4.78 is 6.19. The molecule has 0 aliphatic carbocycles. The number of ether oxygens (including phenoxy) is 1. The highest BCUT2D eigenvalue weighted by atomic mass is 16.5. The van der Waals surface area contributed by atoms with Gasteiger partial charge in [-0.05, 0) is 28.0 Å². The van der Waals surface area contributed by atoms with Crippen LogP contribution in [0, 0.1) is 0 Å². The normalized spacial score (nSPS) is 10.7. The zero-order valence-electron chi connectivity index (χ0n) is 13.4. The average Bonchev–Trinajstić information content (AvgIpc) is 2.67. The molecule has 0 atom stereocenters. The molecule has 0 heterocycles. The molecule has 1 nitrogen and oxygen atoms in total. The molecule has 0 bridgehead atoms. The number of fused-ring (bicyclic) bond motifs is 1. The number of para-hydroxylation sites is 1. The van der Waals surface area contributed by atoms with E-state index < -0.39 is 0 Å². The summed E-state index contributed by atoms with van der Waals surface area (Å²) in [5, 5.41) is 2.49. The third-order valence-electron chi connectivity index (χ3n) is 4.23. The van der Waals surface area contributed by atoms with Gasteiger partial charge in [0, 0.05) is 5.56 Å². The second-order valence-electron chi connectivity index (χ2n) is 5.79. The molecule has 0 spiro atoms. The molecule has 0 aliphatic rings. The van der Waals surface area contributed by atoms with Crippen LogP contribution in [0.1, 0.15) is 5.56 Å². The minimum Gasteiger partial charge on any atom is -0.488 e. The summed E-state index contributed by atoms with van der Waals surface area (Å²) in [5.41, 5.74) is 3.50. The molecule has 0 saturated carbocycles. The molecule has 4 rings (SSSR count). The van der Waals surface area contributed by atoms with Gasteiger partial charge in [-0.3, -0.25) is 0 Å². The van der Waals surface area contributed by atoms with Crippen LogP contribution in [0.15, 0.2) is 97.1 Å². The van der Waals surface area contributed by atoms with Gasteiger partial charge in [-0.1, -0.05) is 91.0 Å². The number of benzene rings is 4. The standard InChI is InChI=1S/C23H18O/c1-2-9-19(10-3-1)22-15-6-7-16-23(22)24-17-20-13-8-12-18-11-4-5-14-21(18)20/h1-16H,17H2. The largest absolute Gasteiger partial charge is 0.488 e. The van der Waals surface area contributed by atoms with Gasteiger partial charge in [0.2, 0.25) is 0 Å². The molecule has 116 valence electrons. The van der Waals surface area contributed by atoms with Gasteiger partial charge in [-0.2, -0.15) is 0 Å². The molecule has 0 aliphatic heterocycles. The molecule has 0 N–H and O–H groups in total. The molecular weight excluding hydrogens is 292 g/mol.